The van der Waals surface area contributed by atoms with Crippen LogP contribution in [0.2, 0.25) is 0 Å². The van der Waals surface area contributed by atoms with E-state index < -0.39 is 11.9 Å². The third-order valence-corrected chi connectivity index (χ3v) is 3.35. The molecule has 0 aromatic heterocycles. The maximum absolute atomic E-state index is 10.2. The molecule has 6 heteroatoms. The van der Waals surface area contributed by atoms with Gasteiger partial charge in [-0.05, 0) is 38.5 Å². The Hall–Kier alpha value is -1.72. The van der Waals surface area contributed by atoms with Crippen LogP contribution in [-0.2, 0) is 19.2 Å². The molecule has 6 nitrogen and oxygen atoms in total. The lowest BCUT2D eigenvalue weighted by atomic mass is 10.2. The molecule has 0 heterocycles. The van der Waals surface area contributed by atoms with Crippen molar-refractivity contribution in [2.45, 2.75) is 77.0 Å². The minimum atomic E-state index is -0.870. The van der Waals surface area contributed by atoms with E-state index in [1.807, 2.05) is 0 Å². The number of aliphatic carboxylic acids is 2. The van der Waals surface area contributed by atoms with Gasteiger partial charge in [0.15, 0.2) is 0 Å². The summed E-state index contributed by atoms with van der Waals surface area (Å²) in [7, 11) is 0. The molecule has 0 aromatic rings. The smallest absolute Gasteiger partial charge is 0.303 e. The number of carboxylic acids is 2. The molecule has 2 fully saturated rings. The van der Waals surface area contributed by atoms with Crippen molar-refractivity contribution in [2.24, 2.45) is 0 Å². The maximum atomic E-state index is 10.2. The Bertz CT molecular complexity index is 323. The summed E-state index contributed by atoms with van der Waals surface area (Å²) in [6.07, 6.45) is 8.96. The molecular weight excluding hydrogens is 288 g/mol. The molecule has 2 N–H and O–H groups in total. The van der Waals surface area contributed by atoms with Crippen LogP contribution in [0.4, 0.5) is 0 Å². The Morgan fingerprint density at radius 3 is 1.09 bits per heavy atom. The van der Waals surface area contributed by atoms with Gasteiger partial charge >= 0.3 is 11.9 Å². The molecule has 0 unspecified atom stereocenters. The van der Waals surface area contributed by atoms with E-state index in [-0.39, 0.29) is 12.8 Å². The fourth-order valence-corrected chi connectivity index (χ4v) is 2.09. The summed E-state index contributed by atoms with van der Waals surface area (Å²) in [6.45, 7) is 0. The lowest BCUT2D eigenvalue weighted by molar-refractivity contribution is -0.139. The third-order valence-electron chi connectivity index (χ3n) is 3.35. The van der Waals surface area contributed by atoms with Crippen LogP contribution in [-0.4, -0.2) is 33.7 Å². The van der Waals surface area contributed by atoms with Gasteiger partial charge in [-0.25, -0.2) is 0 Å². The number of Topliss-reactive ketones (excluding diaryl/α,β-unsaturated/α-hetero) is 2. The Balaban J connectivity index is 0.000000315. The first-order valence-corrected chi connectivity index (χ1v) is 7.89. The first-order chi connectivity index (χ1) is 10.4. The second kappa shape index (κ2) is 13.0. The minimum Gasteiger partial charge on any atom is -0.481 e. The van der Waals surface area contributed by atoms with Crippen LogP contribution in [0.15, 0.2) is 0 Å². The van der Waals surface area contributed by atoms with E-state index in [1.165, 1.54) is 0 Å². The molecule has 22 heavy (non-hydrogen) atoms. The normalized spacial score (nSPS) is 16.4. The van der Waals surface area contributed by atoms with Crippen LogP contribution in [0, 0.1) is 0 Å². The van der Waals surface area contributed by atoms with E-state index in [0.29, 0.717) is 24.4 Å². The van der Waals surface area contributed by atoms with E-state index in [2.05, 4.69) is 0 Å². The van der Waals surface area contributed by atoms with Crippen LogP contribution >= 0.6 is 0 Å². The van der Waals surface area contributed by atoms with E-state index in [4.69, 9.17) is 10.2 Å². The molecule has 0 spiro atoms. The summed E-state index contributed by atoms with van der Waals surface area (Å²) in [4.78, 5) is 40.3. The van der Waals surface area contributed by atoms with Crippen molar-refractivity contribution in [3.63, 3.8) is 0 Å². The van der Waals surface area contributed by atoms with Gasteiger partial charge in [-0.15, -0.1) is 0 Å². The number of ketones is 2. The molecule has 0 amide bonds. The average Bonchev–Trinajstić information content (AvgIpc) is 3.09. The second-order valence-corrected chi connectivity index (χ2v) is 5.49. The highest BCUT2D eigenvalue weighted by atomic mass is 16.4. The largest absolute Gasteiger partial charge is 0.481 e. The van der Waals surface area contributed by atoms with Gasteiger partial charge < -0.3 is 10.2 Å². The summed E-state index contributed by atoms with van der Waals surface area (Å²) in [5.74, 6) is -0.833. The molecule has 2 saturated carbocycles. The number of carbonyl (C=O) groups is 4. The monoisotopic (exact) mass is 314 g/mol. The van der Waals surface area contributed by atoms with E-state index in [9.17, 15) is 19.2 Å². The molecule has 0 bridgehead atoms. The lowest BCUT2D eigenvalue weighted by Crippen LogP contribution is -1.97. The number of rotatable bonds is 5. The van der Waals surface area contributed by atoms with Crippen molar-refractivity contribution < 1.29 is 29.4 Å². The summed E-state index contributed by atoms with van der Waals surface area (Å²) < 4.78 is 0. The summed E-state index contributed by atoms with van der Waals surface area (Å²) >= 11 is 0. The van der Waals surface area contributed by atoms with Crippen molar-refractivity contribution in [1.29, 1.82) is 0 Å². The molecule has 2 rings (SSSR count). The molecule has 126 valence electrons. The van der Waals surface area contributed by atoms with E-state index >= 15 is 0 Å². The van der Waals surface area contributed by atoms with Crippen molar-refractivity contribution in [3.05, 3.63) is 0 Å². The summed E-state index contributed by atoms with van der Waals surface area (Å²) in [5, 5.41) is 16.3. The van der Waals surface area contributed by atoms with Gasteiger partial charge in [0, 0.05) is 38.5 Å². The topological polar surface area (TPSA) is 109 Å². The van der Waals surface area contributed by atoms with Crippen LogP contribution in [0.25, 0.3) is 0 Å². The SMILES string of the molecule is O=C(O)CCCCC(=O)O.O=C1CCCC1.O=C1CCCC1. The standard InChI is InChI=1S/C6H10O4.2C5H8O/c7-5(8)3-1-2-4-6(9)10;2*6-5-3-1-2-4-5/h1-4H2,(H,7,8)(H,9,10);2*1-4H2. The molecule has 2 aliphatic carbocycles. The number of unbranched alkanes of at least 4 members (excludes halogenated alkanes) is 1. The van der Waals surface area contributed by atoms with Gasteiger partial charge in [-0.2, -0.15) is 0 Å². The highest BCUT2D eigenvalue weighted by Gasteiger charge is 2.08. The van der Waals surface area contributed by atoms with Crippen LogP contribution in [0.1, 0.15) is 77.0 Å². The highest BCUT2D eigenvalue weighted by molar-refractivity contribution is 5.80. The molecule has 0 aliphatic heterocycles. The second-order valence-electron chi connectivity index (χ2n) is 5.49. The van der Waals surface area contributed by atoms with Crippen molar-refractivity contribution in [2.75, 3.05) is 0 Å². The molecule has 0 aromatic carbocycles. The fourth-order valence-electron chi connectivity index (χ4n) is 2.09. The Morgan fingerprint density at radius 2 is 0.955 bits per heavy atom. The van der Waals surface area contributed by atoms with Crippen molar-refractivity contribution >= 4 is 23.5 Å². The number of hydrogen-bond donors (Lipinski definition) is 2. The van der Waals surface area contributed by atoms with Crippen molar-refractivity contribution in [3.8, 4) is 0 Å². The zero-order valence-electron chi connectivity index (χ0n) is 13.0. The summed E-state index contributed by atoms with van der Waals surface area (Å²) in [6, 6.07) is 0. The van der Waals surface area contributed by atoms with Gasteiger partial charge in [-0.1, -0.05) is 0 Å². The maximum Gasteiger partial charge on any atom is 0.303 e. The number of hydrogen-bond acceptors (Lipinski definition) is 4. The van der Waals surface area contributed by atoms with Gasteiger partial charge in [0.1, 0.15) is 11.6 Å². The lowest BCUT2D eigenvalue weighted by Gasteiger charge is -1.92. The molecule has 0 saturated heterocycles. The Morgan fingerprint density at radius 1 is 0.682 bits per heavy atom. The summed E-state index contributed by atoms with van der Waals surface area (Å²) in [5.41, 5.74) is 0. The van der Waals surface area contributed by atoms with E-state index in [1.54, 1.807) is 0 Å². The van der Waals surface area contributed by atoms with Crippen LogP contribution < -0.4 is 0 Å². The van der Waals surface area contributed by atoms with Gasteiger partial charge in [0.05, 0.1) is 0 Å². The molecule has 2 aliphatic rings. The van der Waals surface area contributed by atoms with Gasteiger partial charge in [0.25, 0.3) is 0 Å². The minimum absolute atomic E-state index is 0.0628. The molecular formula is C16H26O6. The fraction of sp³-hybridized carbons (Fsp3) is 0.750. The first-order valence-electron chi connectivity index (χ1n) is 7.89. The zero-order valence-corrected chi connectivity index (χ0v) is 13.0. The Labute approximate surface area is 130 Å². The van der Waals surface area contributed by atoms with Crippen LogP contribution in [0.5, 0.6) is 0 Å². The van der Waals surface area contributed by atoms with Crippen molar-refractivity contribution in [1.82, 2.24) is 0 Å². The molecule has 0 radical (unpaired) electrons. The van der Waals surface area contributed by atoms with Crippen LogP contribution in [0.3, 0.4) is 0 Å². The predicted molar refractivity (Wildman–Crippen MR) is 80.7 cm³/mol. The quantitative estimate of drug-likeness (QED) is 0.755. The van der Waals surface area contributed by atoms with Gasteiger partial charge in [0.2, 0.25) is 0 Å². The Kier molecular flexibility index (Phi) is 12.0. The van der Waals surface area contributed by atoms with Gasteiger partial charge in [-0.3, -0.25) is 19.2 Å². The number of carbonyl (C=O) groups excluding carboxylic acids is 2. The third kappa shape index (κ3) is 14.7. The predicted octanol–water partition coefficient (Wildman–Crippen LogP) is 2.98. The number of carboxylic acid groups (broad SMARTS) is 2. The molecule has 0 atom stereocenters. The first kappa shape index (κ1) is 20.3. The average molecular weight is 314 g/mol. The highest BCUT2D eigenvalue weighted by Crippen LogP contribution is 2.12. The van der Waals surface area contributed by atoms with E-state index in [0.717, 1.165) is 51.4 Å². The zero-order chi connectivity index (χ0) is 16.8.